The van der Waals surface area contributed by atoms with Gasteiger partial charge in [-0.2, -0.15) is 5.10 Å². The van der Waals surface area contributed by atoms with Crippen LogP contribution in [0.15, 0.2) is 6.20 Å². The van der Waals surface area contributed by atoms with Crippen LogP contribution in [0.5, 0.6) is 0 Å². The lowest BCUT2D eigenvalue weighted by Gasteiger charge is -2.31. The summed E-state index contributed by atoms with van der Waals surface area (Å²) in [6, 6.07) is 0.0240. The number of piperidine rings is 1. The Labute approximate surface area is 116 Å². The van der Waals surface area contributed by atoms with E-state index in [1.165, 1.54) is 6.20 Å². The summed E-state index contributed by atoms with van der Waals surface area (Å²) >= 11 is 0. The van der Waals surface area contributed by atoms with Gasteiger partial charge in [0.2, 0.25) is 0 Å². The molecule has 1 aliphatic rings. The van der Waals surface area contributed by atoms with E-state index in [0.29, 0.717) is 38.2 Å². The summed E-state index contributed by atoms with van der Waals surface area (Å²) in [5, 5.41) is 9.16. The Balaban J connectivity index is 1.81. The van der Waals surface area contributed by atoms with Gasteiger partial charge in [0.25, 0.3) is 5.91 Å². The number of nitrogens with two attached hydrogens (primary N) is 1. The van der Waals surface area contributed by atoms with E-state index < -0.39 is 0 Å². The minimum atomic E-state index is -0.296. The Morgan fingerprint density at radius 2 is 2.25 bits per heavy atom. The smallest absolute Gasteiger partial charge is 0.409 e. The highest BCUT2D eigenvalue weighted by atomic mass is 16.6. The molecule has 2 rings (SSSR count). The largest absolute Gasteiger partial charge is 0.450 e. The topological polar surface area (TPSA) is 113 Å². The molecular formula is C12H19N5O3. The maximum absolute atomic E-state index is 11.9. The molecule has 1 aromatic rings. The number of carbonyl (C=O) groups excluding carboxylic acids is 2. The van der Waals surface area contributed by atoms with Crippen molar-refractivity contribution in [1.82, 2.24) is 20.4 Å². The lowest BCUT2D eigenvalue weighted by atomic mass is 10.1. The average Bonchev–Trinajstić information content (AvgIpc) is 2.86. The molecule has 0 spiro atoms. The number of carbonyl (C=O) groups is 2. The van der Waals surface area contributed by atoms with Gasteiger partial charge in [0.15, 0.2) is 0 Å². The molecule has 8 heteroatoms. The van der Waals surface area contributed by atoms with Gasteiger partial charge in [0, 0.05) is 19.1 Å². The Kier molecular flexibility index (Phi) is 4.44. The van der Waals surface area contributed by atoms with Crippen molar-refractivity contribution in [2.24, 2.45) is 0 Å². The molecule has 1 aliphatic heterocycles. The fraction of sp³-hybridized carbons (Fsp3) is 0.583. The number of nitrogen functional groups attached to an aromatic ring is 1. The summed E-state index contributed by atoms with van der Waals surface area (Å²) in [6.45, 7) is 3.29. The third-order valence-corrected chi connectivity index (χ3v) is 3.25. The fourth-order valence-electron chi connectivity index (χ4n) is 2.16. The highest BCUT2D eigenvalue weighted by Crippen LogP contribution is 2.13. The molecule has 0 radical (unpaired) electrons. The van der Waals surface area contributed by atoms with E-state index in [1.807, 2.05) is 0 Å². The van der Waals surface area contributed by atoms with E-state index in [-0.39, 0.29) is 23.7 Å². The van der Waals surface area contributed by atoms with E-state index in [2.05, 4.69) is 15.5 Å². The van der Waals surface area contributed by atoms with Crippen molar-refractivity contribution in [3.63, 3.8) is 0 Å². The minimum absolute atomic E-state index is 0.0240. The second kappa shape index (κ2) is 6.27. The Hall–Kier alpha value is -2.25. The van der Waals surface area contributed by atoms with Gasteiger partial charge in [0.05, 0.1) is 18.5 Å². The quantitative estimate of drug-likeness (QED) is 0.739. The van der Waals surface area contributed by atoms with E-state index in [4.69, 9.17) is 10.5 Å². The fourth-order valence-corrected chi connectivity index (χ4v) is 2.16. The molecule has 0 aliphatic carbocycles. The van der Waals surface area contributed by atoms with Crippen molar-refractivity contribution in [3.8, 4) is 0 Å². The van der Waals surface area contributed by atoms with Crippen LogP contribution in [0.25, 0.3) is 0 Å². The Bertz CT molecular complexity index is 479. The average molecular weight is 281 g/mol. The summed E-state index contributed by atoms with van der Waals surface area (Å²) in [5.74, 6) is -0.269. The minimum Gasteiger partial charge on any atom is -0.450 e. The molecule has 2 heterocycles. The van der Waals surface area contributed by atoms with E-state index in [1.54, 1.807) is 11.8 Å². The SMILES string of the molecule is CCOC(=O)N1CCC(NC(=O)c2[nH]ncc2N)CC1. The number of likely N-dealkylation sites (tertiary alicyclic amines) is 1. The van der Waals surface area contributed by atoms with Crippen molar-refractivity contribution in [2.45, 2.75) is 25.8 Å². The highest BCUT2D eigenvalue weighted by Gasteiger charge is 2.25. The molecule has 1 saturated heterocycles. The molecule has 0 atom stereocenters. The lowest BCUT2D eigenvalue weighted by Crippen LogP contribution is -2.46. The van der Waals surface area contributed by atoms with Crippen LogP contribution in [0.2, 0.25) is 0 Å². The van der Waals surface area contributed by atoms with Gasteiger partial charge >= 0.3 is 6.09 Å². The first-order valence-corrected chi connectivity index (χ1v) is 6.63. The predicted molar refractivity (Wildman–Crippen MR) is 72.1 cm³/mol. The molecule has 110 valence electrons. The van der Waals surface area contributed by atoms with Gasteiger partial charge in [-0.05, 0) is 19.8 Å². The van der Waals surface area contributed by atoms with E-state index >= 15 is 0 Å². The van der Waals surface area contributed by atoms with E-state index in [9.17, 15) is 9.59 Å². The van der Waals surface area contributed by atoms with Crippen LogP contribution in [0.3, 0.4) is 0 Å². The zero-order chi connectivity index (χ0) is 14.5. The molecule has 8 nitrogen and oxygen atoms in total. The summed E-state index contributed by atoms with van der Waals surface area (Å²) in [7, 11) is 0. The molecule has 2 amide bonds. The highest BCUT2D eigenvalue weighted by molar-refractivity contribution is 5.97. The van der Waals surface area contributed by atoms with Crippen LogP contribution < -0.4 is 11.1 Å². The number of aromatic amines is 1. The second-order valence-electron chi connectivity index (χ2n) is 4.63. The van der Waals surface area contributed by atoms with Crippen molar-refractivity contribution in [3.05, 3.63) is 11.9 Å². The van der Waals surface area contributed by atoms with Crippen molar-refractivity contribution >= 4 is 17.7 Å². The normalized spacial score (nSPS) is 15.9. The van der Waals surface area contributed by atoms with Crippen LogP contribution in [0.1, 0.15) is 30.3 Å². The maximum atomic E-state index is 11.9. The van der Waals surface area contributed by atoms with Gasteiger partial charge in [0.1, 0.15) is 5.69 Å². The number of nitrogens with zero attached hydrogens (tertiary/aromatic N) is 2. The third-order valence-electron chi connectivity index (χ3n) is 3.25. The monoisotopic (exact) mass is 281 g/mol. The summed E-state index contributed by atoms with van der Waals surface area (Å²) in [5.41, 5.74) is 6.22. The van der Waals surface area contributed by atoms with Gasteiger partial charge in [-0.1, -0.05) is 0 Å². The number of hydrogen-bond acceptors (Lipinski definition) is 5. The number of nitrogens with one attached hydrogen (secondary N) is 2. The van der Waals surface area contributed by atoms with Gasteiger partial charge in [-0.15, -0.1) is 0 Å². The zero-order valence-corrected chi connectivity index (χ0v) is 11.4. The first kappa shape index (κ1) is 14.2. The first-order chi connectivity index (χ1) is 9.61. The molecule has 0 bridgehead atoms. The molecule has 0 aromatic carbocycles. The number of anilines is 1. The molecule has 1 aromatic heterocycles. The number of ether oxygens (including phenoxy) is 1. The predicted octanol–water partition coefficient (Wildman–Crippen LogP) is 0.343. The number of aromatic nitrogens is 2. The molecule has 4 N–H and O–H groups in total. The van der Waals surface area contributed by atoms with Crippen LogP contribution >= 0.6 is 0 Å². The van der Waals surface area contributed by atoms with Gasteiger partial charge < -0.3 is 20.7 Å². The van der Waals surface area contributed by atoms with Crippen molar-refractivity contribution in [2.75, 3.05) is 25.4 Å². The Morgan fingerprint density at radius 3 is 2.80 bits per heavy atom. The summed E-state index contributed by atoms with van der Waals surface area (Å²) in [4.78, 5) is 25.1. The maximum Gasteiger partial charge on any atom is 0.409 e. The number of H-pyrrole nitrogens is 1. The second-order valence-corrected chi connectivity index (χ2v) is 4.63. The number of hydrogen-bond donors (Lipinski definition) is 3. The van der Waals surface area contributed by atoms with E-state index in [0.717, 1.165) is 0 Å². The molecule has 20 heavy (non-hydrogen) atoms. The molecule has 0 saturated carbocycles. The number of rotatable bonds is 3. The first-order valence-electron chi connectivity index (χ1n) is 6.63. The summed E-state index contributed by atoms with van der Waals surface area (Å²) < 4.78 is 4.94. The Morgan fingerprint density at radius 1 is 1.55 bits per heavy atom. The van der Waals surface area contributed by atoms with Crippen LogP contribution in [0.4, 0.5) is 10.5 Å². The number of amides is 2. The third kappa shape index (κ3) is 3.19. The van der Waals surface area contributed by atoms with Crippen molar-refractivity contribution in [1.29, 1.82) is 0 Å². The molecular weight excluding hydrogens is 262 g/mol. The van der Waals surface area contributed by atoms with Crippen LogP contribution in [-0.2, 0) is 4.74 Å². The van der Waals surface area contributed by atoms with Gasteiger partial charge in [-0.3, -0.25) is 9.89 Å². The van der Waals surface area contributed by atoms with Crippen LogP contribution in [-0.4, -0.2) is 52.8 Å². The lowest BCUT2D eigenvalue weighted by molar-refractivity contribution is 0.0857. The summed E-state index contributed by atoms with van der Waals surface area (Å²) in [6.07, 6.45) is 2.49. The van der Waals surface area contributed by atoms with Gasteiger partial charge in [-0.25, -0.2) is 4.79 Å². The van der Waals surface area contributed by atoms with Crippen molar-refractivity contribution < 1.29 is 14.3 Å². The molecule has 0 unspecified atom stereocenters. The van der Waals surface area contributed by atoms with Crippen LogP contribution in [0, 0.1) is 0 Å². The molecule has 1 fully saturated rings. The standard InChI is InChI=1S/C12H19N5O3/c1-2-20-12(19)17-5-3-8(4-6-17)15-11(18)10-9(13)7-14-16-10/h7-8H,2-6,13H2,1H3,(H,14,16)(H,15,18). The zero-order valence-electron chi connectivity index (χ0n) is 11.4.